The minimum Gasteiger partial charge on any atom is -0.463 e. The van der Waals surface area contributed by atoms with Gasteiger partial charge in [-0.15, -0.1) is 0 Å². The third-order valence-corrected chi connectivity index (χ3v) is 3.08. The zero-order valence-corrected chi connectivity index (χ0v) is 11.2. The monoisotopic (exact) mass is 273 g/mol. The molecular formula is C14H15N3O3. The van der Waals surface area contributed by atoms with Crippen LogP contribution in [0.2, 0.25) is 0 Å². The highest BCUT2D eigenvalue weighted by Gasteiger charge is 2.22. The molecule has 1 unspecified atom stereocenters. The second-order valence-corrected chi connectivity index (χ2v) is 4.93. The largest absolute Gasteiger partial charge is 0.463 e. The molecule has 1 N–H and O–H groups in total. The van der Waals surface area contributed by atoms with Crippen molar-refractivity contribution in [3.05, 3.63) is 42.8 Å². The van der Waals surface area contributed by atoms with E-state index in [0.717, 1.165) is 5.52 Å². The molecule has 3 aromatic heterocycles. The number of fused-ring (bicyclic) bond motifs is 1. The van der Waals surface area contributed by atoms with Crippen molar-refractivity contribution in [3.8, 4) is 0 Å². The van der Waals surface area contributed by atoms with Crippen molar-refractivity contribution in [1.29, 1.82) is 0 Å². The number of ether oxygens (including phenoxy) is 1. The third-order valence-electron chi connectivity index (χ3n) is 3.08. The molecule has 0 spiro atoms. The summed E-state index contributed by atoms with van der Waals surface area (Å²) in [6.45, 7) is 3.97. The molecular weight excluding hydrogens is 258 g/mol. The van der Waals surface area contributed by atoms with E-state index in [1.807, 2.05) is 13.8 Å². The van der Waals surface area contributed by atoms with Crippen LogP contribution in [0.4, 0.5) is 0 Å². The van der Waals surface area contributed by atoms with Gasteiger partial charge in [0.2, 0.25) is 0 Å². The van der Waals surface area contributed by atoms with Gasteiger partial charge < -0.3 is 18.7 Å². The maximum Gasteiger partial charge on any atom is 0.356 e. The van der Waals surface area contributed by atoms with E-state index in [0.29, 0.717) is 11.3 Å². The van der Waals surface area contributed by atoms with E-state index in [1.165, 1.54) is 0 Å². The number of nitrogens with one attached hydrogen (secondary N) is 1. The Morgan fingerprint density at radius 2 is 2.35 bits per heavy atom. The van der Waals surface area contributed by atoms with Gasteiger partial charge >= 0.3 is 5.97 Å². The lowest BCUT2D eigenvalue weighted by Gasteiger charge is -2.22. The van der Waals surface area contributed by atoms with Crippen LogP contribution in [-0.4, -0.2) is 20.5 Å². The van der Waals surface area contributed by atoms with Crippen LogP contribution in [0.5, 0.6) is 0 Å². The Morgan fingerprint density at radius 1 is 1.50 bits per heavy atom. The fraction of sp³-hybridized carbons (Fsp3) is 0.286. The average Bonchev–Trinajstić information content (AvgIpc) is 3.10. The molecule has 3 heterocycles. The molecule has 104 valence electrons. The number of carbonyl (C=O) groups excluding carboxylic acids is 1. The molecule has 0 aliphatic heterocycles. The summed E-state index contributed by atoms with van der Waals surface area (Å²) >= 11 is 0. The van der Waals surface area contributed by atoms with E-state index in [4.69, 9.17) is 9.15 Å². The van der Waals surface area contributed by atoms with Crippen LogP contribution in [0.3, 0.4) is 0 Å². The van der Waals surface area contributed by atoms with Crippen LogP contribution in [0.15, 0.2) is 41.5 Å². The number of aromatic amines is 1. The predicted molar refractivity (Wildman–Crippen MR) is 72.1 cm³/mol. The fourth-order valence-electron chi connectivity index (χ4n) is 2.09. The second-order valence-electron chi connectivity index (χ2n) is 4.93. The van der Waals surface area contributed by atoms with Gasteiger partial charge in [0.1, 0.15) is 5.69 Å². The van der Waals surface area contributed by atoms with E-state index in [1.54, 1.807) is 41.7 Å². The lowest BCUT2D eigenvalue weighted by atomic mass is 10.2. The number of aromatic nitrogens is 3. The molecule has 0 saturated carbocycles. The topological polar surface area (TPSA) is 73.0 Å². The van der Waals surface area contributed by atoms with Gasteiger partial charge in [-0.05, 0) is 0 Å². The van der Waals surface area contributed by atoms with Crippen molar-refractivity contribution in [2.24, 2.45) is 5.92 Å². The van der Waals surface area contributed by atoms with Gasteiger partial charge in [-0.2, -0.15) is 0 Å². The number of furan rings is 1. The Labute approximate surface area is 115 Å². The summed E-state index contributed by atoms with van der Waals surface area (Å²) < 4.78 is 12.5. The van der Waals surface area contributed by atoms with Gasteiger partial charge in [-0.25, -0.2) is 9.78 Å². The zero-order chi connectivity index (χ0) is 14.1. The van der Waals surface area contributed by atoms with E-state index < -0.39 is 5.97 Å². The molecule has 3 rings (SSSR count). The Bertz CT molecular complexity index is 681. The standard InChI is InChI=1S/C14H15N3O3/c1-9(2)13(17-5-4-15-8-17)20-14(18)11-7-12-10(16-11)3-6-19-12/h3-9,13,16H,1-2H3. The molecule has 0 fully saturated rings. The summed E-state index contributed by atoms with van der Waals surface area (Å²) in [7, 11) is 0. The minimum atomic E-state index is -0.413. The second kappa shape index (κ2) is 4.88. The zero-order valence-electron chi connectivity index (χ0n) is 11.2. The van der Waals surface area contributed by atoms with Crippen LogP contribution in [0, 0.1) is 5.92 Å². The van der Waals surface area contributed by atoms with Gasteiger partial charge in [-0.1, -0.05) is 13.8 Å². The molecule has 0 radical (unpaired) electrons. The van der Waals surface area contributed by atoms with Gasteiger partial charge in [0.25, 0.3) is 0 Å². The number of H-pyrrole nitrogens is 1. The highest BCUT2D eigenvalue weighted by Crippen LogP contribution is 2.22. The van der Waals surface area contributed by atoms with Crippen molar-refractivity contribution in [1.82, 2.24) is 14.5 Å². The highest BCUT2D eigenvalue weighted by molar-refractivity contribution is 5.93. The van der Waals surface area contributed by atoms with E-state index in [-0.39, 0.29) is 12.1 Å². The summed E-state index contributed by atoms with van der Waals surface area (Å²) in [6.07, 6.45) is 6.25. The average molecular weight is 273 g/mol. The van der Waals surface area contributed by atoms with Crippen LogP contribution >= 0.6 is 0 Å². The maximum atomic E-state index is 12.2. The molecule has 3 aromatic rings. The van der Waals surface area contributed by atoms with Crippen molar-refractivity contribution in [3.63, 3.8) is 0 Å². The summed E-state index contributed by atoms with van der Waals surface area (Å²) in [6, 6.07) is 3.41. The summed E-state index contributed by atoms with van der Waals surface area (Å²) in [5.74, 6) is -0.282. The molecule has 1 atom stereocenters. The molecule has 0 saturated heterocycles. The predicted octanol–water partition coefficient (Wildman–Crippen LogP) is 2.97. The van der Waals surface area contributed by atoms with Gasteiger partial charge in [0, 0.05) is 30.4 Å². The molecule has 0 aliphatic rings. The van der Waals surface area contributed by atoms with Gasteiger partial charge in [0.15, 0.2) is 11.8 Å². The fourth-order valence-corrected chi connectivity index (χ4v) is 2.09. The minimum absolute atomic E-state index is 0.131. The quantitative estimate of drug-likeness (QED) is 0.742. The van der Waals surface area contributed by atoms with Crippen molar-refractivity contribution < 1.29 is 13.9 Å². The Morgan fingerprint density at radius 3 is 3.00 bits per heavy atom. The number of hydrogen-bond donors (Lipinski definition) is 1. The first kappa shape index (κ1) is 12.5. The number of hydrogen-bond acceptors (Lipinski definition) is 4. The van der Waals surface area contributed by atoms with Crippen molar-refractivity contribution in [2.45, 2.75) is 20.1 Å². The molecule has 6 heteroatoms. The Kier molecular flexibility index (Phi) is 3.06. The van der Waals surface area contributed by atoms with Crippen LogP contribution < -0.4 is 0 Å². The molecule has 20 heavy (non-hydrogen) atoms. The molecule has 6 nitrogen and oxygen atoms in total. The number of nitrogens with zero attached hydrogens (tertiary/aromatic N) is 2. The van der Waals surface area contributed by atoms with Crippen LogP contribution in [0.1, 0.15) is 30.6 Å². The summed E-state index contributed by atoms with van der Waals surface area (Å²) in [5, 5.41) is 0. The van der Waals surface area contributed by atoms with Crippen LogP contribution in [0.25, 0.3) is 11.1 Å². The molecule has 0 bridgehead atoms. The number of esters is 1. The summed E-state index contributed by atoms with van der Waals surface area (Å²) in [5.41, 5.74) is 1.80. The number of rotatable bonds is 4. The first-order valence-corrected chi connectivity index (χ1v) is 6.40. The van der Waals surface area contributed by atoms with Crippen molar-refractivity contribution in [2.75, 3.05) is 0 Å². The molecule has 0 amide bonds. The SMILES string of the molecule is CC(C)C(OC(=O)c1cc2occc2[nH]1)n1ccnc1. The normalized spacial score (nSPS) is 12.9. The number of carbonyl (C=O) groups is 1. The Hall–Kier alpha value is -2.50. The van der Waals surface area contributed by atoms with Crippen LogP contribution in [-0.2, 0) is 4.74 Å². The van der Waals surface area contributed by atoms with E-state index >= 15 is 0 Å². The van der Waals surface area contributed by atoms with Gasteiger partial charge in [-0.3, -0.25) is 0 Å². The Balaban J connectivity index is 1.81. The maximum absolute atomic E-state index is 12.2. The molecule has 0 aromatic carbocycles. The van der Waals surface area contributed by atoms with Crippen molar-refractivity contribution >= 4 is 17.1 Å². The lowest BCUT2D eigenvalue weighted by Crippen LogP contribution is -2.21. The lowest BCUT2D eigenvalue weighted by molar-refractivity contribution is -0.00969. The first-order valence-electron chi connectivity index (χ1n) is 6.40. The van der Waals surface area contributed by atoms with Gasteiger partial charge in [0.05, 0.1) is 18.1 Å². The summed E-state index contributed by atoms with van der Waals surface area (Å²) in [4.78, 5) is 19.1. The molecule has 0 aliphatic carbocycles. The first-order chi connectivity index (χ1) is 9.65. The smallest absolute Gasteiger partial charge is 0.356 e. The van der Waals surface area contributed by atoms with E-state index in [2.05, 4.69) is 9.97 Å². The van der Waals surface area contributed by atoms with E-state index in [9.17, 15) is 4.79 Å². The third kappa shape index (κ3) is 2.20. The highest BCUT2D eigenvalue weighted by atomic mass is 16.6. The number of imidazole rings is 1.